The van der Waals surface area contributed by atoms with E-state index < -0.39 is 8.24 Å². The minimum absolute atomic E-state index is 0.337. The molecule has 80 valence electrons. The maximum absolute atomic E-state index is 3.86. The van der Waals surface area contributed by atoms with Crippen molar-refractivity contribution >= 4 is 8.24 Å². The van der Waals surface area contributed by atoms with Crippen molar-refractivity contribution in [3.63, 3.8) is 0 Å². The standard InChI is InChI=1S/C11H27NSi/c1-7-9-10-13(5,6)12-11(3,4)8-2/h12H,7-10H2,1-6H3. The van der Waals surface area contributed by atoms with E-state index in [1.54, 1.807) is 0 Å². The second-order valence-electron chi connectivity index (χ2n) is 5.35. The summed E-state index contributed by atoms with van der Waals surface area (Å²) in [5.41, 5.74) is 0.337. The molecule has 13 heavy (non-hydrogen) atoms. The van der Waals surface area contributed by atoms with Crippen LogP contribution in [0, 0.1) is 0 Å². The van der Waals surface area contributed by atoms with Crippen LogP contribution in [0.4, 0.5) is 0 Å². The van der Waals surface area contributed by atoms with E-state index >= 15 is 0 Å². The van der Waals surface area contributed by atoms with Gasteiger partial charge in [-0.1, -0.05) is 39.8 Å². The van der Waals surface area contributed by atoms with Crippen LogP contribution in [0.1, 0.15) is 47.0 Å². The molecule has 1 N–H and O–H groups in total. The summed E-state index contributed by atoms with van der Waals surface area (Å²) in [7, 11) is -1.13. The predicted octanol–water partition coefficient (Wildman–Crippen LogP) is 3.77. The Morgan fingerprint density at radius 1 is 1.15 bits per heavy atom. The summed E-state index contributed by atoms with van der Waals surface area (Å²) in [6, 6.07) is 1.41. The lowest BCUT2D eigenvalue weighted by molar-refractivity contribution is 0.444. The highest BCUT2D eigenvalue weighted by Crippen LogP contribution is 2.17. The Balaban J connectivity index is 4.00. The summed E-state index contributed by atoms with van der Waals surface area (Å²) >= 11 is 0. The van der Waals surface area contributed by atoms with Crippen LogP contribution in [-0.4, -0.2) is 13.8 Å². The molecule has 0 aliphatic heterocycles. The van der Waals surface area contributed by atoms with Gasteiger partial charge in [-0.3, -0.25) is 0 Å². The molecule has 0 fully saturated rings. The van der Waals surface area contributed by atoms with Crippen LogP contribution in [-0.2, 0) is 0 Å². The predicted molar refractivity (Wildman–Crippen MR) is 64.7 cm³/mol. The van der Waals surface area contributed by atoms with Crippen molar-refractivity contribution < 1.29 is 0 Å². The van der Waals surface area contributed by atoms with Crippen molar-refractivity contribution in [2.75, 3.05) is 0 Å². The van der Waals surface area contributed by atoms with E-state index in [9.17, 15) is 0 Å². The molecule has 0 aromatic carbocycles. The van der Waals surface area contributed by atoms with Gasteiger partial charge >= 0.3 is 0 Å². The van der Waals surface area contributed by atoms with Crippen LogP contribution in [0.25, 0.3) is 0 Å². The average molecular weight is 201 g/mol. The first-order valence-electron chi connectivity index (χ1n) is 5.62. The Morgan fingerprint density at radius 3 is 2.08 bits per heavy atom. The second kappa shape index (κ2) is 5.16. The smallest absolute Gasteiger partial charge is 0.119 e. The molecule has 0 amide bonds. The van der Waals surface area contributed by atoms with Crippen LogP contribution < -0.4 is 4.98 Å². The number of nitrogens with one attached hydrogen (secondary N) is 1. The highest BCUT2D eigenvalue weighted by Gasteiger charge is 2.27. The largest absolute Gasteiger partial charge is 0.332 e. The molecule has 0 aliphatic rings. The van der Waals surface area contributed by atoms with E-state index in [0.717, 1.165) is 0 Å². The second-order valence-corrected chi connectivity index (χ2v) is 9.87. The third-order valence-corrected chi connectivity index (χ3v) is 5.67. The normalized spacial score (nSPS) is 13.4. The molecule has 0 spiro atoms. The van der Waals surface area contributed by atoms with Crippen LogP contribution >= 0.6 is 0 Å². The molecule has 0 heterocycles. The number of hydrogen-bond acceptors (Lipinski definition) is 1. The highest BCUT2D eigenvalue weighted by molar-refractivity contribution is 6.75. The van der Waals surface area contributed by atoms with E-state index in [2.05, 4.69) is 45.8 Å². The average Bonchev–Trinajstić information content (AvgIpc) is 1.99. The van der Waals surface area contributed by atoms with E-state index in [1.807, 2.05) is 0 Å². The number of unbranched alkanes of at least 4 members (excludes halogenated alkanes) is 1. The first-order valence-corrected chi connectivity index (χ1v) is 8.83. The molecule has 0 rings (SSSR count). The first-order chi connectivity index (χ1) is 5.83. The Bertz CT molecular complexity index is 141. The summed E-state index contributed by atoms with van der Waals surface area (Å²) in [5, 5.41) is 0. The highest BCUT2D eigenvalue weighted by atomic mass is 28.3. The van der Waals surface area contributed by atoms with E-state index in [4.69, 9.17) is 0 Å². The summed E-state index contributed by atoms with van der Waals surface area (Å²) in [5.74, 6) is 0. The van der Waals surface area contributed by atoms with Gasteiger partial charge < -0.3 is 4.98 Å². The van der Waals surface area contributed by atoms with Gasteiger partial charge in [-0.05, 0) is 26.3 Å². The van der Waals surface area contributed by atoms with Gasteiger partial charge in [0, 0.05) is 5.54 Å². The lowest BCUT2D eigenvalue weighted by Crippen LogP contribution is -2.55. The van der Waals surface area contributed by atoms with Gasteiger partial charge in [0.15, 0.2) is 0 Å². The Morgan fingerprint density at radius 2 is 1.69 bits per heavy atom. The fourth-order valence-corrected chi connectivity index (χ4v) is 5.06. The Hall–Kier alpha value is 0.177. The van der Waals surface area contributed by atoms with E-state index in [0.29, 0.717) is 5.54 Å². The topological polar surface area (TPSA) is 12.0 Å². The Labute approximate surface area is 85.4 Å². The minimum atomic E-state index is -1.13. The fraction of sp³-hybridized carbons (Fsp3) is 1.00. The van der Waals surface area contributed by atoms with Crippen molar-refractivity contribution in [3.05, 3.63) is 0 Å². The monoisotopic (exact) mass is 201 g/mol. The summed E-state index contributed by atoms with van der Waals surface area (Å²) in [4.78, 5) is 3.86. The lowest BCUT2D eigenvalue weighted by Gasteiger charge is -2.35. The maximum Gasteiger partial charge on any atom is 0.119 e. The molecular weight excluding hydrogens is 174 g/mol. The molecular formula is C11H27NSi. The summed E-state index contributed by atoms with van der Waals surface area (Å²) in [6.07, 6.45) is 3.92. The zero-order valence-corrected chi connectivity index (χ0v) is 11.3. The third kappa shape index (κ3) is 6.27. The molecule has 0 atom stereocenters. The van der Waals surface area contributed by atoms with Gasteiger partial charge in [0.2, 0.25) is 0 Å². The zero-order chi connectivity index (χ0) is 10.5. The van der Waals surface area contributed by atoms with Gasteiger partial charge in [0.1, 0.15) is 8.24 Å². The molecule has 0 aromatic heterocycles. The van der Waals surface area contributed by atoms with Crippen molar-refractivity contribution in [1.82, 2.24) is 4.98 Å². The molecule has 0 aliphatic carbocycles. The van der Waals surface area contributed by atoms with Gasteiger partial charge in [-0.2, -0.15) is 0 Å². The fourth-order valence-electron chi connectivity index (χ4n) is 1.69. The van der Waals surface area contributed by atoms with Crippen LogP contribution in [0.2, 0.25) is 19.1 Å². The first kappa shape index (κ1) is 13.2. The zero-order valence-electron chi connectivity index (χ0n) is 10.3. The molecule has 0 saturated carbocycles. The number of rotatable bonds is 6. The molecule has 0 aromatic rings. The molecule has 0 saturated heterocycles. The van der Waals surface area contributed by atoms with Gasteiger partial charge in [-0.15, -0.1) is 0 Å². The maximum atomic E-state index is 3.86. The van der Waals surface area contributed by atoms with Crippen molar-refractivity contribution in [2.24, 2.45) is 0 Å². The number of hydrogen-bond donors (Lipinski definition) is 1. The van der Waals surface area contributed by atoms with Gasteiger partial charge in [-0.25, -0.2) is 0 Å². The van der Waals surface area contributed by atoms with Crippen LogP contribution in [0.15, 0.2) is 0 Å². The van der Waals surface area contributed by atoms with Crippen LogP contribution in [0.5, 0.6) is 0 Å². The SMILES string of the molecule is CCCC[Si](C)(C)NC(C)(C)CC. The van der Waals surface area contributed by atoms with E-state index in [-0.39, 0.29) is 0 Å². The van der Waals surface area contributed by atoms with Crippen molar-refractivity contribution in [1.29, 1.82) is 0 Å². The molecule has 1 nitrogen and oxygen atoms in total. The lowest BCUT2D eigenvalue weighted by atomic mass is 10.0. The molecule has 0 unspecified atom stereocenters. The molecule has 0 radical (unpaired) electrons. The summed E-state index contributed by atoms with van der Waals surface area (Å²) in [6.45, 7) is 14.0. The quantitative estimate of drug-likeness (QED) is 0.645. The van der Waals surface area contributed by atoms with Crippen molar-refractivity contribution in [3.8, 4) is 0 Å². The van der Waals surface area contributed by atoms with E-state index in [1.165, 1.54) is 25.3 Å². The van der Waals surface area contributed by atoms with Crippen molar-refractivity contribution in [2.45, 2.75) is 71.6 Å². The van der Waals surface area contributed by atoms with Gasteiger partial charge in [0.05, 0.1) is 0 Å². The third-order valence-electron chi connectivity index (χ3n) is 2.72. The van der Waals surface area contributed by atoms with Gasteiger partial charge in [0.25, 0.3) is 0 Å². The summed E-state index contributed by atoms with van der Waals surface area (Å²) < 4.78 is 0. The Kier molecular flexibility index (Phi) is 5.23. The minimum Gasteiger partial charge on any atom is -0.332 e. The molecule has 0 bridgehead atoms. The molecule has 2 heteroatoms. The van der Waals surface area contributed by atoms with Crippen LogP contribution in [0.3, 0.4) is 0 Å².